The Kier molecular flexibility index (Phi) is 6.37. The van der Waals surface area contributed by atoms with E-state index in [0.29, 0.717) is 37.8 Å². The van der Waals surface area contributed by atoms with Crippen LogP contribution in [0.4, 0.5) is 19.0 Å². The number of terminal acetylenes is 1. The van der Waals surface area contributed by atoms with Crippen molar-refractivity contribution in [1.29, 1.82) is 0 Å². The topological polar surface area (TPSA) is 52.6 Å². The lowest BCUT2D eigenvalue weighted by Crippen LogP contribution is -2.44. The molecule has 2 rings (SSSR count). The van der Waals surface area contributed by atoms with E-state index in [1.165, 1.54) is 0 Å². The van der Waals surface area contributed by atoms with Crippen molar-refractivity contribution >= 4 is 23.4 Å². The van der Waals surface area contributed by atoms with Crippen LogP contribution in [-0.4, -0.2) is 43.7 Å². The second-order valence-corrected chi connectivity index (χ2v) is 5.96. The zero-order valence-electron chi connectivity index (χ0n) is 13.7. The third-order valence-electron chi connectivity index (χ3n) is 3.76. The van der Waals surface area contributed by atoms with Gasteiger partial charge in [-0.15, -0.1) is 12.3 Å². The van der Waals surface area contributed by atoms with Crippen LogP contribution in [0.5, 0.6) is 0 Å². The van der Waals surface area contributed by atoms with Crippen LogP contribution in [0.15, 0.2) is 17.3 Å². The molecule has 136 valence electrons. The first-order chi connectivity index (χ1) is 11.8. The minimum Gasteiger partial charge on any atom is -0.355 e. The molecule has 2 N–H and O–H groups in total. The molecule has 1 aliphatic heterocycles. The molecule has 1 fully saturated rings. The summed E-state index contributed by atoms with van der Waals surface area (Å²) in [6.07, 6.45) is 2.93. The SMILES string of the molecule is C#CCCNC(=NC)NC1CCN(c2ncc(C(F)(F)F)cc2Cl)C1. The van der Waals surface area contributed by atoms with Crippen LogP contribution in [0, 0.1) is 12.3 Å². The maximum atomic E-state index is 12.7. The van der Waals surface area contributed by atoms with Gasteiger partial charge in [0, 0.05) is 45.3 Å². The summed E-state index contributed by atoms with van der Waals surface area (Å²) in [4.78, 5) is 9.87. The number of aliphatic imine (C=N–C) groups is 1. The van der Waals surface area contributed by atoms with Gasteiger partial charge in [-0.1, -0.05) is 11.6 Å². The van der Waals surface area contributed by atoms with Crippen LogP contribution in [0.2, 0.25) is 5.02 Å². The van der Waals surface area contributed by atoms with Gasteiger partial charge in [0.1, 0.15) is 5.82 Å². The Morgan fingerprint density at radius 3 is 2.92 bits per heavy atom. The number of hydrogen-bond acceptors (Lipinski definition) is 3. The molecule has 0 radical (unpaired) electrons. The number of nitrogens with one attached hydrogen (secondary N) is 2. The van der Waals surface area contributed by atoms with E-state index in [-0.39, 0.29) is 11.1 Å². The Morgan fingerprint density at radius 1 is 1.56 bits per heavy atom. The van der Waals surface area contributed by atoms with Crippen molar-refractivity contribution in [1.82, 2.24) is 15.6 Å². The van der Waals surface area contributed by atoms with Crippen LogP contribution in [0.25, 0.3) is 0 Å². The Labute approximate surface area is 149 Å². The zero-order chi connectivity index (χ0) is 18.4. The van der Waals surface area contributed by atoms with Gasteiger partial charge in [0.25, 0.3) is 0 Å². The van der Waals surface area contributed by atoms with Crippen LogP contribution in [0.1, 0.15) is 18.4 Å². The highest BCUT2D eigenvalue weighted by Gasteiger charge is 2.33. The number of aromatic nitrogens is 1. The van der Waals surface area contributed by atoms with Crippen molar-refractivity contribution in [3.63, 3.8) is 0 Å². The van der Waals surface area contributed by atoms with E-state index in [2.05, 4.69) is 26.5 Å². The predicted molar refractivity (Wildman–Crippen MR) is 92.8 cm³/mol. The van der Waals surface area contributed by atoms with Crippen molar-refractivity contribution in [3.05, 3.63) is 22.8 Å². The summed E-state index contributed by atoms with van der Waals surface area (Å²) in [6.45, 7) is 1.81. The van der Waals surface area contributed by atoms with Crippen LogP contribution < -0.4 is 15.5 Å². The highest BCUT2D eigenvalue weighted by Crippen LogP contribution is 2.34. The van der Waals surface area contributed by atoms with Crippen LogP contribution in [0.3, 0.4) is 0 Å². The Hall–Kier alpha value is -2.14. The van der Waals surface area contributed by atoms with E-state index in [1.54, 1.807) is 7.05 Å². The molecule has 9 heteroatoms. The maximum Gasteiger partial charge on any atom is 0.417 e. The number of anilines is 1. The summed E-state index contributed by atoms with van der Waals surface area (Å²) >= 11 is 6.00. The highest BCUT2D eigenvalue weighted by molar-refractivity contribution is 6.33. The number of nitrogens with zero attached hydrogens (tertiary/aromatic N) is 3. The quantitative estimate of drug-likeness (QED) is 0.368. The van der Waals surface area contributed by atoms with E-state index in [4.69, 9.17) is 18.0 Å². The molecule has 1 aromatic heterocycles. The molecule has 0 amide bonds. The van der Waals surface area contributed by atoms with Crippen molar-refractivity contribution < 1.29 is 13.2 Å². The lowest BCUT2D eigenvalue weighted by Gasteiger charge is -2.21. The number of halogens is 4. The minimum absolute atomic E-state index is 0.00741. The summed E-state index contributed by atoms with van der Waals surface area (Å²) in [5.74, 6) is 3.52. The Morgan fingerprint density at radius 2 is 2.32 bits per heavy atom. The van der Waals surface area contributed by atoms with Crippen LogP contribution >= 0.6 is 11.6 Å². The van der Waals surface area contributed by atoms with Crippen molar-refractivity contribution in [2.45, 2.75) is 25.1 Å². The molecule has 1 atom stereocenters. The van der Waals surface area contributed by atoms with Gasteiger partial charge in [0.15, 0.2) is 5.96 Å². The average molecular weight is 374 g/mol. The number of pyridine rings is 1. The summed E-state index contributed by atoms with van der Waals surface area (Å²) < 4.78 is 38.1. The third kappa shape index (κ3) is 5.16. The van der Waals surface area contributed by atoms with Gasteiger partial charge in [-0.05, 0) is 12.5 Å². The molecule has 2 heterocycles. The average Bonchev–Trinajstić information content (AvgIpc) is 3.01. The number of guanidine groups is 1. The van der Waals surface area contributed by atoms with Crippen LogP contribution in [-0.2, 0) is 6.18 Å². The molecule has 5 nitrogen and oxygen atoms in total. The Bertz CT molecular complexity index is 669. The second-order valence-electron chi connectivity index (χ2n) is 5.56. The molecule has 25 heavy (non-hydrogen) atoms. The van der Waals surface area contributed by atoms with E-state index < -0.39 is 11.7 Å². The summed E-state index contributed by atoms with van der Waals surface area (Å²) in [6, 6.07) is 0.988. The molecule has 0 spiro atoms. The van der Waals surface area contributed by atoms with Gasteiger partial charge in [0.05, 0.1) is 10.6 Å². The van der Waals surface area contributed by atoms with Gasteiger partial charge in [-0.3, -0.25) is 4.99 Å². The predicted octanol–water partition coefficient (Wildman–Crippen LogP) is 2.52. The normalized spacial score (nSPS) is 18.2. The van der Waals surface area contributed by atoms with Crippen molar-refractivity contribution in [2.75, 3.05) is 31.6 Å². The first-order valence-corrected chi connectivity index (χ1v) is 8.11. The lowest BCUT2D eigenvalue weighted by atomic mass is 10.2. The molecule has 0 saturated carbocycles. The maximum absolute atomic E-state index is 12.7. The monoisotopic (exact) mass is 373 g/mol. The molecular formula is C16H19ClF3N5. The second kappa shape index (κ2) is 8.30. The van der Waals surface area contributed by atoms with Gasteiger partial charge >= 0.3 is 6.18 Å². The molecular weight excluding hydrogens is 355 g/mol. The standard InChI is InChI=1S/C16H19ClF3N5/c1-3-4-6-22-15(21-2)24-12-5-7-25(10-12)14-13(17)8-11(9-23-14)16(18,19)20/h1,8-9,12H,4-7,10H2,2H3,(H2,21,22,24). The summed E-state index contributed by atoms with van der Waals surface area (Å²) in [7, 11) is 1.66. The van der Waals surface area contributed by atoms with Crippen molar-refractivity contribution in [3.8, 4) is 12.3 Å². The van der Waals surface area contributed by atoms with E-state index in [9.17, 15) is 13.2 Å². The third-order valence-corrected chi connectivity index (χ3v) is 4.04. The minimum atomic E-state index is -4.46. The molecule has 1 saturated heterocycles. The van der Waals surface area contributed by atoms with E-state index in [1.807, 2.05) is 4.90 Å². The highest BCUT2D eigenvalue weighted by atomic mass is 35.5. The fraction of sp³-hybridized carbons (Fsp3) is 0.500. The lowest BCUT2D eigenvalue weighted by molar-refractivity contribution is -0.137. The molecule has 0 bridgehead atoms. The van der Waals surface area contributed by atoms with E-state index >= 15 is 0 Å². The fourth-order valence-corrected chi connectivity index (χ4v) is 2.82. The van der Waals surface area contributed by atoms with Gasteiger partial charge < -0.3 is 15.5 Å². The number of alkyl halides is 3. The first kappa shape index (κ1) is 19.2. The number of hydrogen-bond donors (Lipinski definition) is 2. The molecule has 0 aliphatic carbocycles. The molecule has 1 unspecified atom stereocenters. The van der Waals surface area contributed by atoms with Gasteiger partial charge in [-0.25, -0.2) is 4.98 Å². The molecule has 1 aromatic rings. The van der Waals surface area contributed by atoms with E-state index in [0.717, 1.165) is 18.7 Å². The van der Waals surface area contributed by atoms with Crippen molar-refractivity contribution in [2.24, 2.45) is 4.99 Å². The fourth-order valence-electron chi connectivity index (χ4n) is 2.53. The summed E-state index contributed by atoms with van der Waals surface area (Å²) in [5.41, 5.74) is -0.853. The van der Waals surface area contributed by atoms with Gasteiger partial charge in [-0.2, -0.15) is 13.2 Å². The smallest absolute Gasteiger partial charge is 0.355 e. The molecule has 1 aliphatic rings. The largest absolute Gasteiger partial charge is 0.417 e. The summed E-state index contributed by atoms with van der Waals surface area (Å²) in [5, 5.41) is 6.35. The van der Waals surface area contributed by atoms with Gasteiger partial charge in [0.2, 0.25) is 0 Å². The zero-order valence-corrected chi connectivity index (χ0v) is 14.5. The number of rotatable bonds is 4. The first-order valence-electron chi connectivity index (χ1n) is 7.73. The Balaban J connectivity index is 1.97. The molecule has 0 aromatic carbocycles.